The highest BCUT2D eigenvalue weighted by Crippen LogP contribution is 2.39. The molecule has 8 heteroatoms. The van der Waals surface area contributed by atoms with Gasteiger partial charge in [-0.1, -0.05) is 0 Å². The first kappa shape index (κ1) is 13.6. The molecule has 0 spiro atoms. The van der Waals surface area contributed by atoms with Crippen molar-refractivity contribution in [2.45, 2.75) is 25.2 Å². The number of pyridine rings is 1. The smallest absolute Gasteiger partial charge is 0.249 e. The lowest BCUT2D eigenvalue weighted by Gasteiger charge is -2.03. The van der Waals surface area contributed by atoms with E-state index in [0.717, 1.165) is 18.5 Å². The van der Waals surface area contributed by atoms with Crippen molar-refractivity contribution in [3.05, 3.63) is 41.1 Å². The summed E-state index contributed by atoms with van der Waals surface area (Å²) in [5.41, 5.74) is 0.479. The van der Waals surface area contributed by atoms with Gasteiger partial charge in [0, 0.05) is 23.7 Å². The van der Waals surface area contributed by atoms with Crippen LogP contribution in [0.3, 0.4) is 0 Å². The number of hydrogen-bond acceptors (Lipinski definition) is 3. The van der Waals surface area contributed by atoms with Crippen molar-refractivity contribution < 1.29 is 18.0 Å². The minimum Gasteiger partial charge on any atom is -0.309 e. The summed E-state index contributed by atoms with van der Waals surface area (Å²) in [7, 11) is 0. The fourth-order valence-corrected chi connectivity index (χ4v) is 1.95. The second kappa shape index (κ2) is 5.19. The van der Waals surface area contributed by atoms with E-state index in [-0.39, 0.29) is 0 Å². The Morgan fingerprint density at radius 1 is 1.29 bits per heavy atom. The van der Waals surface area contributed by atoms with Crippen molar-refractivity contribution in [3.63, 3.8) is 0 Å². The van der Waals surface area contributed by atoms with Crippen LogP contribution in [-0.4, -0.2) is 21.1 Å². The Hall–Kier alpha value is -2.38. The second-order valence-corrected chi connectivity index (χ2v) is 4.90. The molecule has 1 amide bonds. The third kappa shape index (κ3) is 3.04. The Bertz CT molecular complexity index is 697. The highest BCUT2D eigenvalue weighted by molar-refractivity contribution is 5.91. The molecule has 0 atom stereocenters. The molecule has 0 aliphatic heterocycles. The van der Waals surface area contributed by atoms with E-state index >= 15 is 0 Å². The first-order valence-electron chi connectivity index (χ1n) is 6.38. The van der Waals surface area contributed by atoms with Crippen LogP contribution in [0, 0.1) is 17.6 Å². The molecule has 2 N–H and O–H groups in total. The maximum Gasteiger partial charge on any atom is 0.249 e. The van der Waals surface area contributed by atoms with Crippen LogP contribution in [0.25, 0.3) is 0 Å². The Labute approximate surface area is 117 Å². The van der Waals surface area contributed by atoms with Crippen LogP contribution in [0.1, 0.15) is 30.1 Å². The zero-order chi connectivity index (χ0) is 15.0. The Balaban J connectivity index is 1.66. The average molecular weight is 296 g/mol. The molecular weight excluding hydrogens is 285 g/mol. The lowest BCUT2D eigenvalue weighted by atomic mass is 10.2. The second-order valence-electron chi connectivity index (χ2n) is 4.90. The summed E-state index contributed by atoms with van der Waals surface area (Å²) >= 11 is 0. The highest BCUT2D eigenvalue weighted by atomic mass is 19.2. The monoisotopic (exact) mass is 296 g/mol. The van der Waals surface area contributed by atoms with Crippen molar-refractivity contribution in [1.29, 1.82) is 0 Å². The number of halogens is 3. The van der Waals surface area contributed by atoms with Crippen LogP contribution in [0.15, 0.2) is 12.1 Å². The third-order valence-electron chi connectivity index (χ3n) is 3.17. The predicted molar refractivity (Wildman–Crippen MR) is 67.0 cm³/mol. The number of carbonyl (C=O) groups excluding carboxylic acids is 1. The van der Waals surface area contributed by atoms with Gasteiger partial charge in [-0.3, -0.25) is 9.89 Å². The van der Waals surface area contributed by atoms with Gasteiger partial charge in [-0.15, -0.1) is 0 Å². The number of anilines is 1. The number of carbonyl (C=O) groups is 1. The molecule has 3 rings (SSSR count). The number of aromatic nitrogens is 3. The van der Waals surface area contributed by atoms with Crippen molar-refractivity contribution in [2.75, 3.05) is 5.32 Å². The van der Waals surface area contributed by atoms with Crippen molar-refractivity contribution in [3.8, 4) is 0 Å². The minimum absolute atomic E-state index is 0.310. The summed E-state index contributed by atoms with van der Waals surface area (Å²) in [6, 6.07) is 2.06. The lowest BCUT2D eigenvalue weighted by molar-refractivity contribution is -0.115. The maximum atomic E-state index is 13.4. The van der Waals surface area contributed by atoms with E-state index in [1.807, 2.05) is 0 Å². The van der Waals surface area contributed by atoms with E-state index in [2.05, 4.69) is 20.5 Å². The molecule has 1 aliphatic carbocycles. The summed E-state index contributed by atoms with van der Waals surface area (Å²) in [6.45, 7) is 0. The summed E-state index contributed by atoms with van der Waals surface area (Å²) in [6.07, 6.45) is 1.66. The number of nitrogens with zero attached hydrogens (tertiary/aromatic N) is 2. The number of nitrogens with one attached hydrogen (secondary N) is 2. The molecule has 0 unspecified atom stereocenters. The molecule has 1 fully saturated rings. The van der Waals surface area contributed by atoms with Gasteiger partial charge in [-0.2, -0.15) is 9.49 Å². The van der Waals surface area contributed by atoms with Gasteiger partial charge in [0.2, 0.25) is 11.9 Å². The molecule has 0 radical (unpaired) electrons. The van der Waals surface area contributed by atoms with Gasteiger partial charge in [-0.05, 0) is 12.8 Å². The van der Waals surface area contributed by atoms with Gasteiger partial charge in [-0.25, -0.2) is 13.8 Å². The number of amides is 1. The van der Waals surface area contributed by atoms with Crippen molar-refractivity contribution in [2.24, 2.45) is 0 Å². The standard InChI is InChI=1S/C13H11F3N4O/c14-7-3-8(15)13(16)17-10(7)5-12(21)18-11-4-9(19-20-11)6-1-2-6/h3-4,6H,1-2,5H2,(H2,18,19,20,21). The number of H-pyrrole nitrogens is 1. The number of hydrogen-bond donors (Lipinski definition) is 2. The normalized spacial score (nSPS) is 14.2. The van der Waals surface area contributed by atoms with Crippen LogP contribution >= 0.6 is 0 Å². The molecular formula is C13H11F3N4O. The molecule has 21 heavy (non-hydrogen) atoms. The molecule has 1 aliphatic rings. The summed E-state index contributed by atoms with van der Waals surface area (Å²) in [5, 5.41) is 9.16. The van der Waals surface area contributed by atoms with Gasteiger partial charge in [0.25, 0.3) is 0 Å². The fraction of sp³-hybridized carbons (Fsp3) is 0.308. The molecule has 2 heterocycles. The van der Waals surface area contributed by atoms with E-state index in [1.54, 1.807) is 6.07 Å². The molecule has 110 valence electrons. The SMILES string of the molecule is O=C(Cc1nc(F)c(F)cc1F)Nc1cc(C2CC2)[nH]n1. The average Bonchev–Trinajstić information content (AvgIpc) is 3.17. The van der Waals surface area contributed by atoms with Gasteiger partial charge >= 0.3 is 0 Å². The van der Waals surface area contributed by atoms with Gasteiger partial charge in [0.05, 0.1) is 12.1 Å². The topological polar surface area (TPSA) is 70.7 Å². The van der Waals surface area contributed by atoms with Gasteiger partial charge < -0.3 is 5.32 Å². The predicted octanol–water partition coefficient (Wildman–Crippen LogP) is 2.28. The first-order valence-corrected chi connectivity index (χ1v) is 6.38. The van der Waals surface area contributed by atoms with Gasteiger partial charge in [0.15, 0.2) is 11.6 Å². The van der Waals surface area contributed by atoms with Crippen LogP contribution in [0.5, 0.6) is 0 Å². The summed E-state index contributed by atoms with van der Waals surface area (Å²) in [5.74, 6) is -3.74. The molecule has 2 aromatic heterocycles. The quantitative estimate of drug-likeness (QED) is 0.850. The van der Waals surface area contributed by atoms with Crippen LogP contribution in [-0.2, 0) is 11.2 Å². The zero-order valence-corrected chi connectivity index (χ0v) is 10.8. The van der Waals surface area contributed by atoms with Crippen LogP contribution in [0.2, 0.25) is 0 Å². The Kier molecular flexibility index (Phi) is 3.36. The van der Waals surface area contributed by atoms with E-state index in [9.17, 15) is 18.0 Å². The minimum atomic E-state index is -1.44. The van der Waals surface area contributed by atoms with Crippen molar-refractivity contribution >= 4 is 11.7 Å². The molecule has 0 bridgehead atoms. The zero-order valence-electron chi connectivity index (χ0n) is 10.8. The van der Waals surface area contributed by atoms with Gasteiger partial charge in [0.1, 0.15) is 5.82 Å². The van der Waals surface area contributed by atoms with Crippen molar-refractivity contribution in [1.82, 2.24) is 15.2 Å². The summed E-state index contributed by atoms with van der Waals surface area (Å²) in [4.78, 5) is 14.8. The number of rotatable bonds is 4. The lowest BCUT2D eigenvalue weighted by Crippen LogP contribution is -2.17. The first-order chi connectivity index (χ1) is 10.0. The third-order valence-corrected chi connectivity index (χ3v) is 3.17. The fourth-order valence-electron chi connectivity index (χ4n) is 1.95. The molecule has 2 aromatic rings. The Morgan fingerprint density at radius 2 is 2.05 bits per heavy atom. The van der Waals surface area contributed by atoms with E-state index in [1.165, 1.54) is 0 Å². The van der Waals surface area contributed by atoms with E-state index < -0.39 is 35.6 Å². The molecule has 0 aromatic carbocycles. The largest absolute Gasteiger partial charge is 0.309 e. The molecule has 1 saturated carbocycles. The highest BCUT2D eigenvalue weighted by Gasteiger charge is 2.25. The van der Waals surface area contributed by atoms with E-state index in [4.69, 9.17) is 0 Å². The van der Waals surface area contributed by atoms with Crippen LogP contribution < -0.4 is 5.32 Å². The Morgan fingerprint density at radius 3 is 2.76 bits per heavy atom. The maximum absolute atomic E-state index is 13.4. The van der Waals surface area contributed by atoms with E-state index in [0.29, 0.717) is 17.8 Å². The molecule has 5 nitrogen and oxygen atoms in total. The summed E-state index contributed by atoms with van der Waals surface area (Å²) < 4.78 is 39.0. The number of aromatic amines is 1. The van der Waals surface area contributed by atoms with Crippen LogP contribution in [0.4, 0.5) is 19.0 Å². The molecule has 0 saturated heterocycles.